The Morgan fingerprint density at radius 1 is 0.852 bits per heavy atom. The minimum Gasteiger partial charge on any atom is -1.00 e. The second-order valence-corrected chi connectivity index (χ2v) is 8.97. The minimum atomic E-state index is -0.0912. The van der Waals surface area contributed by atoms with E-state index in [1.807, 2.05) is 0 Å². The summed E-state index contributed by atoms with van der Waals surface area (Å²) in [6.07, 6.45) is 3.12. The summed E-state index contributed by atoms with van der Waals surface area (Å²) >= 11 is 0. The van der Waals surface area contributed by atoms with Crippen molar-refractivity contribution < 1.29 is 51.6 Å². The van der Waals surface area contributed by atoms with Crippen LogP contribution in [0.2, 0.25) is 0 Å². The Bertz CT molecular complexity index is 827. The molecule has 0 spiro atoms. The van der Waals surface area contributed by atoms with Crippen LogP contribution in [0.5, 0.6) is 5.75 Å². The monoisotopic (exact) mass is 438 g/mol. The van der Waals surface area contributed by atoms with Crippen LogP contribution in [0.4, 0.5) is 0 Å². The average molecular weight is 439 g/mol. The molecule has 0 aromatic heterocycles. The third-order valence-electron chi connectivity index (χ3n) is 4.90. The van der Waals surface area contributed by atoms with Crippen molar-refractivity contribution in [3.8, 4) is 5.75 Å². The largest absolute Gasteiger partial charge is 2.00 e. The van der Waals surface area contributed by atoms with Crippen molar-refractivity contribution in [2.45, 2.75) is 58.8 Å². The summed E-state index contributed by atoms with van der Waals surface area (Å²) in [5.74, 6) is 0.439. The Balaban J connectivity index is 0.00000225. The fourth-order valence-corrected chi connectivity index (χ4v) is 3.34. The maximum Gasteiger partial charge on any atom is 2.00 e. The molecule has 0 fully saturated rings. The number of phenolic OH excluding ortho intramolecular Hbond substituents is 1. The SMILES string of the molecule is CC(C)(C)c1cc(C2=Cc3ccccc3C2)c(O)c(C(C)(C)C)c1.[Cl-].[Cl-].[Ti+2]. The van der Waals surface area contributed by atoms with Crippen LogP contribution in [0.3, 0.4) is 0 Å². The summed E-state index contributed by atoms with van der Waals surface area (Å²) in [5.41, 5.74) is 7.07. The number of halogens is 2. The van der Waals surface area contributed by atoms with Crippen molar-refractivity contribution in [1.29, 1.82) is 0 Å². The van der Waals surface area contributed by atoms with Crippen LogP contribution in [0.15, 0.2) is 36.4 Å². The van der Waals surface area contributed by atoms with Gasteiger partial charge in [0.25, 0.3) is 0 Å². The summed E-state index contributed by atoms with van der Waals surface area (Å²) < 4.78 is 0. The van der Waals surface area contributed by atoms with Crippen molar-refractivity contribution in [3.05, 3.63) is 64.2 Å². The van der Waals surface area contributed by atoms with Gasteiger partial charge in [-0.1, -0.05) is 78.0 Å². The Morgan fingerprint density at radius 2 is 1.44 bits per heavy atom. The number of aromatic hydroxyl groups is 1. The number of allylic oxidation sites excluding steroid dienone is 1. The molecule has 0 saturated carbocycles. The molecule has 0 radical (unpaired) electrons. The summed E-state index contributed by atoms with van der Waals surface area (Å²) in [6.45, 7) is 13.2. The molecular weight excluding hydrogens is 411 g/mol. The molecule has 144 valence electrons. The van der Waals surface area contributed by atoms with Crippen molar-refractivity contribution in [2.75, 3.05) is 0 Å². The Kier molecular flexibility index (Phi) is 8.93. The van der Waals surface area contributed by atoms with Gasteiger partial charge >= 0.3 is 21.7 Å². The standard InChI is InChI=1S/C23H28O.2ClH.Ti/c1-22(2,3)18-13-19(21(24)20(14-18)23(4,5)6)17-11-15-9-7-8-10-16(15)12-17;;;/h7-11,13-14,24H,12H2,1-6H3;2*1H;/q;;;+2/p-2. The summed E-state index contributed by atoms with van der Waals surface area (Å²) in [7, 11) is 0. The smallest absolute Gasteiger partial charge is 1.00 e. The zero-order valence-corrected chi connectivity index (χ0v) is 20.0. The molecule has 0 saturated heterocycles. The fourth-order valence-electron chi connectivity index (χ4n) is 3.34. The predicted molar refractivity (Wildman–Crippen MR) is 104 cm³/mol. The molecule has 0 aliphatic heterocycles. The van der Waals surface area contributed by atoms with Gasteiger partial charge in [0.2, 0.25) is 0 Å². The molecule has 1 N–H and O–H groups in total. The third kappa shape index (κ3) is 5.42. The van der Waals surface area contributed by atoms with Gasteiger partial charge in [-0.25, -0.2) is 0 Å². The first-order chi connectivity index (χ1) is 11.1. The molecule has 0 bridgehead atoms. The van der Waals surface area contributed by atoms with E-state index in [1.165, 1.54) is 22.3 Å². The Morgan fingerprint density at radius 3 is 1.96 bits per heavy atom. The van der Waals surface area contributed by atoms with Crippen LogP contribution in [0.25, 0.3) is 11.6 Å². The van der Waals surface area contributed by atoms with E-state index in [-0.39, 0.29) is 57.4 Å². The second-order valence-electron chi connectivity index (χ2n) is 8.97. The van der Waals surface area contributed by atoms with E-state index in [9.17, 15) is 5.11 Å². The molecule has 0 atom stereocenters. The van der Waals surface area contributed by atoms with E-state index in [0.29, 0.717) is 5.75 Å². The zero-order valence-electron chi connectivity index (χ0n) is 17.0. The summed E-state index contributed by atoms with van der Waals surface area (Å²) in [6, 6.07) is 12.8. The maximum absolute atomic E-state index is 11.0. The molecular formula is C23H28Cl2OTi. The first-order valence-electron chi connectivity index (χ1n) is 8.74. The molecule has 2 aromatic carbocycles. The number of fused-ring (bicyclic) bond motifs is 1. The number of rotatable bonds is 1. The molecule has 4 heteroatoms. The van der Waals surface area contributed by atoms with Crippen LogP contribution in [-0.2, 0) is 39.0 Å². The summed E-state index contributed by atoms with van der Waals surface area (Å²) in [4.78, 5) is 0. The molecule has 1 aliphatic rings. The van der Waals surface area contributed by atoms with E-state index in [1.54, 1.807) is 0 Å². The van der Waals surface area contributed by atoms with Gasteiger partial charge in [-0.15, -0.1) is 0 Å². The van der Waals surface area contributed by atoms with E-state index < -0.39 is 0 Å². The minimum absolute atomic E-state index is 0. The molecule has 1 aliphatic carbocycles. The van der Waals surface area contributed by atoms with Crippen molar-refractivity contribution >= 4 is 11.6 Å². The molecule has 0 amide bonds. The van der Waals surface area contributed by atoms with E-state index in [2.05, 4.69) is 84.0 Å². The first-order valence-corrected chi connectivity index (χ1v) is 8.74. The van der Waals surface area contributed by atoms with Gasteiger partial charge in [0.1, 0.15) is 5.75 Å². The number of hydrogen-bond donors (Lipinski definition) is 1. The van der Waals surface area contributed by atoms with Crippen LogP contribution >= 0.6 is 0 Å². The molecule has 0 heterocycles. The van der Waals surface area contributed by atoms with Gasteiger partial charge < -0.3 is 29.9 Å². The van der Waals surface area contributed by atoms with Crippen LogP contribution in [0, 0.1) is 0 Å². The Labute approximate surface area is 191 Å². The molecule has 27 heavy (non-hydrogen) atoms. The van der Waals surface area contributed by atoms with E-state index >= 15 is 0 Å². The molecule has 0 unspecified atom stereocenters. The van der Waals surface area contributed by atoms with Crippen LogP contribution < -0.4 is 24.8 Å². The number of benzene rings is 2. The van der Waals surface area contributed by atoms with Crippen molar-refractivity contribution in [2.24, 2.45) is 0 Å². The molecule has 2 aromatic rings. The molecule has 3 rings (SSSR count). The van der Waals surface area contributed by atoms with Crippen LogP contribution in [0.1, 0.15) is 69.4 Å². The average Bonchev–Trinajstić information content (AvgIpc) is 2.88. The van der Waals surface area contributed by atoms with Crippen molar-refractivity contribution in [1.82, 2.24) is 0 Å². The second kappa shape index (κ2) is 9.18. The van der Waals surface area contributed by atoms with Crippen LogP contribution in [-0.4, -0.2) is 5.11 Å². The summed E-state index contributed by atoms with van der Waals surface area (Å²) in [5, 5.41) is 11.0. The zero-order chi connectivity index (χ0) is 17.7. The quantitative estimate of drug-likeness (QED) is 0.625. The van der Waals surface area contributed by atoms with Gasteiger partial charge in [-0.05, 0) is 45.6 Å². The maximum atomic E-state index is 11.0. The topological polar surface area (TPSA) is 20.2 Å². The van der Waals surface area contributed by atoms with Gasteiger partial charge in [0, 0.05) is 11.1 Å². The van der Waals surface area contributed by atoms with E-state index in [4.69, 9.17) is 0 Å². The first kappa shape index (κ1) is 26.3. The van der Waals surface area contributed by atoms with Gasteiger partial charge in [-0.3, -0.25) is 0 Å². The normalized spacial score (nSPS) is 12.9. The third-order valence-corrected chi connectivity index (χ3v) is 4.90. The van der Waals surface area contributed by atoms with Gasteiger partial charge in [0.05, 0.1) is 0 Å². The number of hydrogen-bond acceptors (Lipinski definition) is 1. The molecule has 1 nitrogen and oxygen atoms in total. The van der Waals surface area contributed by atoms with E-state index in [0.717, 1.165) is 17.5 Å². The van der Waals surface area contributed by atoms with Gasteiger partial charge in [-0.2, -0.15) is 0 Å². The number of phenols is 1. The Hall–Kier alpha value is -0.726. The predicted octanol–water partition coefficient (Wildman–Crippen LogP) is 0.0894. The fraction of sp³-hybridized carbons (Fsp3) is 0.391. The van der Waals surface area contributed by atoms with Gasteiger partial charge in [0.15, 0.2) is 0 Å². The van der Waals surface area contributed by atoms with Crippen molar-refractivity contribution in [3.63, 3.8) is 0 Å².